The van der Waals surface area contributed by atoms with Crippen LogP contribution in [0.25, 0.3) is 0 Å². The highest BCUT2D eigenvalue weighted by Gasteiger charge is 2.40. The number of halogens is 1. The van der Waals surface area contributed by atoms with E-state index < -0.39 is 6.04 Å². The van der Waals surface area contributed by atoms with Crippen LogP contribution in [0.4, 0.5) is 0 Å². The van der Waals surface area contributed by atoms with Crippen molar-refractivity contribution in [1.29, 1.82) is 0 Å². The standard InChI is InChI=1S/C26H35ClN6O2/c1-17(2)23(31-24(34)19-7-10-22(29-13-19)33-16-28-15-30-33)25(35)32-12-11-21(26(3,4)14-32)18-5-8-20(27)9-6-18/h5-6,8-9,13,16-17,21,23,30H,7,10-12,14-15H2,1-4H3,(H,31,34)/t21-,23-/m1/s1. The molecule has 1 aromatic rings. The maximum atomic E-state index is 13.6. The summed E-state index contributed by atoms with van der Waals surface area (Å²) in [5.74, 6) is 0.889. The maximum absolute atomic E-state index is 13.6. The number of piperidine rings is 1. The van der Waals surface area contributed by atoms with Crippen LogP contribution in [-0.2, 0) is 9.59 Å². The molecule has 0 radical (unpaired) electrons. The molecular formula is C26H35ClN6O2. The van der Waals surface area contributed by atoms with E-state index in [-0.39, 0.29) is 23.1 Å². The van der Waals surface area contributed by atoms with Gasteiger partial charge in [0.05, 0.1) is 0 Å². The number of rotatable bonds is 5. The van der Waals surface area contributed by atoms with Crippen molar-refractivity contribution in [2.45, 2.75) is 58.9 Å². The Kier molecular flexibility index (Phi) is 7.62. The Morgan fingerprint density at radius 2 is 1.94 bits per heavy atom. The smallest absolute Gasteiger partial charge is 0.249 e. The average molecular weight is 499 g/mol. The van der Waals surface area contributed by atoms with Crippen molar-refractivity contribution in [3.05, 3.63) is 46.6 Å². The highest BCUT2D eigenvalue weighted by atomic mass is 35.5. The molecule has 0 spiro atoms. The van der Waals surface area contributed by atoms with Gasteiger partial charge in [0.2, 0.25) is 11.8 Å². The predicted molar refractivity (Wildman–Crippen MR) is 139 cm³/mol. The summed E-state index contributed by atoms with van der Waals surface area (Å²) < 4.78 is 0. The Morgan fingerprint density at radius 3 is 2.51 bits per heavy atom. The molecule has 1 saturated heterocycles. The van der Waals surface area contributed by atoms with Crippen LogP contribution in [0.15, 0.2) is 46.0 Å². The lowest BCUT2D eigenvalue weighted by Gasteiger charge is -2.45. The van der Waals surface area contributed by atoms with Crippen molar-refractivity contribution in [3.8, 4) is 0 Å². The number of amidine groups is 1. The van der Waals surface area contributed by atoms with Crippen molar-refractivity contribution in [3.63, 3.8) is 0 Å². The van der Waals surface area contributed by atoms with Gasteiger partial charge in [0.15, 0.2) is 0 Å². The van der Waals surface area contributed by atoms with Crippen molar-refractivity contribution in [2.75, 3.05) is 19.8 Å². The second kappa shape index (κ2) is 10.5. The number of nitrogens with one attached hydrogen (secondary N) is 2. The summed E-state index contributed by atoms with van der Waals surface area (Å²) in [7, 11) is 0. The monoisotopic (exact) mass is 498 g/mol. The lowest BCUT2D eigenvalue weighted by Crippen LogP contribution is -2.56. The Labute approximate surface area is 212 Å². The molecule has 9 heteroatoms. The minimum absolute atomic E-state index is 0.0194. The van der Waals surface area contributed by atoms with Gasteiger partial charge in [-0.05, 0) is 47.8 Å². The summed E-state index contributed by atoms with van der Waals surface area (Å²) in [6.45, 7) is 10.2. The summed E-state index contributed by atoms with van der Waals surface area (Å²) in [5, 5.41) is 5.51. The van der Waals surface area contributed by atoms with E-state index in [1.54, 1.807) is 17.5 Å². The number of aliphatic imine (C=N–C) groups is 2. The Hall–Kier alpha value is -2.71. The first-order valence-electron chi connectivity index (χ1n) is 12.3. The molecule has 3 heterocycles. The number of carbonyl (C=O) groups is 2. The van der Waals surface area contributed by atoms with Gasteiger partial charge in [-0.3, -0.25) is 19.6 Å². The molecule has 0 aliphatic carbocycles. The Balaban J connectivity index is 1.41. The van der Waals surface area contributed by atoms with Crippen LogP contribution in [0.5, 0.6) is 0 Å². The summed E-state index contributed by atoms with van der Waals surface area (Å²) in [6.07, 6.45) is 5.36. The molecule has 0 aromatic heterocycles. The van der Waals surface area contributed by atoms with Crippen molar-refractivity contribution >= 4 is 35.6 Å². The number of likely N-dealkylation sites (tertiary alicyclic amines) is 1. The number of hydrogen-bond acceptors (Lipinski definition) is 6. The molecule has 1 fully saturated rings. The third kappa shape index (κ3) is 5.76. The lowest BCUT2D eigenvalue weighted by atomic mass is 9.70. The maximum Gasteiger partial charge on any atom is 0.249 e. The van der Waals surface area contributed by atoms with E-state index in [1.807, 2.05) is 30.9 Å². The van der Waals surface area contributed by atoms with Gasteiger partial charge in [0.25, 0.3) is 0 Å². The Bertz CT molecular complexity index is 1050. The fourth-order valence-corrected chi connectivity index (χ4v) is 5.25. The van der Waals surface area contributed by atoms with Crippen LogP contribution in [0.2, 0.25) is 5.02 Å². The average Bonchev–Trinajstić information content (AvgIpc) is 3.37. The zero-order chi connectivity index (χ0) is 25.2. The highest BCUT2D eigenvalue weighted by Crippen LogP contribution is 2.42. The predicted octanol–water partition coefficient (Wildman–Crippen LogP) is 3.71. The second-order valence-electron chi connectivity index (χ2n) is 10.5. The molecule has 3 aliphatic rings. The third-order valence-electron chi connectivity index (χ3n) is 7.12. The first-order valence-corrected chi connectivity index (χ1v) is 12.7. The zero-order valence-electron chi connectivity index (χ0n) is 20.9. The molecular weight excluding hydrogens is 464 g/mol. The van der Waals surface area contributed by atoms with Crippen LogP contribution >= 0.6 is 11.6 Å². The van der Waals surface area contributed by atoms with E-state index >= 15 is 0 Å². The van der Waals surface area contributed by atoms with Gasteiger partial charge in [-0.1, -0.05) is 51.4 Å². The van der Waals surface area contributed by atoms with Gasteiger partial charge in [-0.2, -0.15) is 0 Å². The van der Waals surface area contributed by atoms with Gasteiger partial charge in [-0.25, -0.2) is 10.4 Å². The molecule has 2 N–H and O–H groups in total. The van der Waals surface area contributed by atoms with E-state index in [1.165, 1.54) is 5.56 Å². The fourth-order valence-electron chi connectivity index (χ4n) is 5.12. The van der Waals surface area contributed by atoms with Crippen LogP contribution < -0.4 is 10.7 Å². The van der Waals surface area contributed by atoms with Crippen molar-refractivity contribution in [1.82, 2.24) is 20.7 Å². The number of benzene rings is 1. The van der Waals surface area contributed by atoms with Gasteiger partial charge in [-0.15, -0.1) is 0 Å². The minimum atomic E-state index is -0.580. The van der Waals surface area contributed by atoms with E-state index in [2.05, 4.69) is 46.7 Å². The largest absolute Gasteiger partial charge is 0.340 e. The molecule has 35 heavy (non-hydrogen) atoms. The van der Waals surface area contributed by atoms with Crippen LogP contribution in [0, 0.1) is 11.3 Å². The summed E-state index contributed by atoms with van der Waals surface area (Å²) in [5.41, 5.74) is 4.82. The molecule has 3 aliphatic heterocycles. The molecule has 2 amide bonds. The van der Waals surface area contributed by atoms with Crippen LogP contribution in [-0.4, -0.2) is 59.7 Å². The number of carbonyl (C=O) groups excluding carboxylic acids is 2. The molecule has 0 unspecified atom stereocenters. The SMILES string of the molecule is CC(C)[C@@H](NC(=O)C1=CN=C(N2C=NCN2)CC1)C(=O)N1CC[C@H](c2ccc(Cl)cc2)C(C)(C)C1. The minimum Gasteiger partial charge on any atom is -0.340 e. The molecule has 1 aromatic carbocycles. The van der Waals surface area contributed by atoms with E-state index in [4.69, 9.17) is 11.6 Å². The highest BCUT2D eigenvalue weighted by molar-refractivity contribution is 6.30. The molecule has 188 valence electrons. The number of hydrogen-bond donors (Lipinski definition) is 2. The number of hydrazine groups is 1. The lowest BCUT2D eigenvalue weighted by molar-refractivity contribution is -0.140. The zero-order valence-corrected chi connectivity index (χ0v) is 21.7. The van der Waals surface area contributed by atoms with Crippen molar-refractivity contribution in [2.24, 2.45) is 21.3 Å². The molecule has 0 saturated carbocycles. The summed E-state index contributed by atoms with van der Waals surface area (Å²) >= 11 is 6.08. The van der Waals surface area contributed by atoms with Gasteiger partial charge < -0.3 is 10.2 Å². The topological polar surface area (TPSA) is 89.4 Å². The quantitative estimate of drug-likeness (QED) is 0.647. The Morgan fingerprint density at radius 1 is 1.20 bits per heavy atom. The molecule has 0 bridgehead atoms. The van der Waals surface area contributed by atoms with Crippen LogP contribution in [0.1, 0.15) is 58.4 Å². The number of nitrogens with zero attached hydrogens (tertiary/aromatic N) is 4. The first kappa shape index (κ1) is 25.4. The number of amides is 2. The van der Waals surface area contributed by atoms with E-state index in [9.17, 15) is 9.59 Å². The van der Waals surface area contributed by atoms with E-state index in [0.29, 0.717) is 44.1 Å². The van der Waals surface area contributed by atoms with E-state index in [0.717, 1.165) is 17.3 Å². The van der Waals surface area contributed by atoms with Gasteiger partial charge in [0.1, 0.15) is 24.9 Å². The first-order chi connectivity index (χ1) is 16.7. The fraction of sp³-hybridized carbons (Fsp3) is 0.538. The van der Waals surface area contributed by atoms with Gasteiger partial charge >= 0.3 is 0 Å². The molecule has 2 atom stereocenters. The van der Waals surface area contributed by atoms with Crippen LogP contribution in [0.3, 0.4) is 0 Å². The molecule has 8 nitrogen and oxygen atoms in total. The summed E-state index contributed by atoms with van der Waals surface area (Å²) in [6, 6.07) is 7.45. The van der Waals surface area contributed by atoms with Crippen molar-refractivity contribution < 1.29 is 9.59 Å². The normalized spacial score (nSPS) is 22.6. The molecule has 4 rings (SSSR count). The second-order valence-corrected chi connectivity index (χ2v) is 11.0. The summed E-state index contributed by atoms with van der Waals surface area (Å²) in [4.78, 5) is 37.1. The third-order valence-corrected chi connectivity index (χ3v) is 7.37. The van der Waals surface area contributed by atoms with Gasteiger partial charge in [0, 0.05) is 36.3 Å².